The van der Waals surface area contributed by atoms with Crippen LogP contribution in [0.25, 0.3) is 0 Å². The highest BCUT2D eigenvalue weighted by Crippen LogP contribution is 2.30. The maximum atomic E-state index is 14.0. The summed E-state index contributed by atoms with van der Waals surface area (Å²) in [5.74, 6) is -0.291. The van der Waals surface area contributed by atoms with Crippen LogP contribution >= 0.6 is 12.4 Å². The number of nitrogens with zero attached hydrogens (tertiary/aromatic N) is 1. The van der Waals surface area contributed by atoms with Crippen molar-refractivity contribution in [3.63, 3.8) is 0 Å². The number of amides is 1. The van der Waals surface area contributed by atoms with Gasteiger partial charge in [0.25, 0.3) is 5.91 Å². The number of hydrogen-bond acceptors (Lipinski definition) is 4. The molecule has 0 aliphatic carbocycles. The van der Waals surface area contributed by atoms with Gasteiger partial charge in [-0.05, 0) is 6.07 Å². The number of methoxy groups -OCH3 is 2. The Hall–Kier alpha value is -1.53. The summed E-state index contributed by atoms with van der Waals surface area (Å²) in [5, 5.41) is 3.14. The van der Waals surface area contributed by atoms with E-state index in [1.54, 1.807) is 4.90 Å². The van der Waals surface area contributed by atoms with E-state index in [9.17, 15) is 9.18 Å². The van der Waals surface area contributed by atoms with E-state index < -0.39 is 5.82 Å². The van der Waals surface area contributed by atoms with E-state index in [-0.39, 0.29) is 29.6 Å². The normalized spacial score (nSPS) is 14.4. The highest BCUT2D eigenvalue weighted by Gasteiger charge is 2.23. The molecule has 0 unspecified atom stereocenters. The van der Waals surface area contributed by atoms with Crippen molar-refractivity contribution in [2.24, 2.45) is 0 Å². The molecular weight excluding hydrogens is 287 g/mol. The second kappa shape index (κ2) is 7.31. The molecule has 0 spiro atoms. The lowest BCUT2D eigenvalue weighted by Gasteiger charge is -2.27. The van der Waals surface area contributed by atoms with Crippen LogP contribution in [-0.4, -0.2) is 51.2 Å². The predicted molar refractivity (Wildman–Crippen MR) is 75.5 cm³/mol. The first-order chi connectivity index (χ1) is 9.17. The average Bonchev–Trinajstić information content (AvgIpc) is 2.47. The maximum Gasteiger partial charge on any atom is 0.257 e. The fourth-order valence-corrected chi connectivity index (χ4v) is 2.06. The van der Waals surface area contributed by atoms with E-state index in [2.05, 4.69) is 5.32 Å². The fourth-order valence-electron chi connectivity index (χ4n) is 2.06. The fraction of sp³-hybridized carbons (Fsp3) is 0.462. The van der Waals surface area contributed by atoms with Gasteiger partial charge >= 0.3 is 0 Å². The Morgan fingerprint density at radius 3 is 2.30 bits per heavy atom. The Morgan fingerprint density at radius 2 is 1.75 bits per heavy atom. The number of nitrogens with one attached hydrogen (secondary N) is 1. The van der Waals surface area contributed by atoms with Crippen molar-refractivity contribution in [1.82, 2.24) is 10.2 Å². The number of hydrogen-bond donors (Lipinski definition) is 1. The standard InChI is InChI=1S/C13H17FN2O3.ClH/c1-18-11-7-9(10(14)8-12(11)19-2)13(17)16-5-3-15-4-6-16;/h7-8,15H,3-6H2,1-2H3;1H. The molecular formula is C13H18ClFN2O3. The molecule has 0 aromatic heterocycles. The second-order valence-electron chi connectivity index (χ2n) is 4.23. The number of carbonyl (C=O) groups excluding carboxylic acids is 1. The van der Waals surface area contributed by atoms with E-state index in [1.807, 2.05) is 0 Å². The van der Waals surface area contributed by atoms with E-state index in [0.717, 1.165) is 13.1 Å². The molecule has 5 nitrogen and oxygen atoms in total. The zero-order valence-corrected chi connectivity index (χ0v) is 12.3. The monoisotopic (exact) mass is 304 g/mol. The van der Waals surface area contributed by atoms with Gasteiger partial charge in [-0.15, -0.1) is 12.4 Å². The summed E-state index contributed by atoms with van der Waals surface area (Å²) in [6.07, 6.45) is 0. The first kappa shape index (κ1) is 16.5. The first-order valence-electron chi connectivity index (χ1n) is 6.09. The molecule has 1 N–H and O–H groups in total. The van der Waals surface area contributed by atoms with E-state index in [1.165, 1.54) is 26.4 Å². The third kappa shape index (κ3) is 3.32. The zero-order chi connectivity index (χ0) is 13.8. The number of rotatable bonds is 3. The number of ether oxygens (including phenoxy) is 2. The highest BCUT2D eigenvalue weighted by atomic mass is 35.5. The van der Waals surface area contributed by atoms with E-state index in [4.69, 9.17) is 9.47 Å². The molecule has 1 aliphatic rings. The molecule has 1 amide bonds. The van der Waals surface area contributed by atoms with Crippen molar-refractivity contribution < 1.29 is 18.7 Å². The molecule has 7 heteroatoms. The SMILES string of the molecule is COc1cc(F)c(C(=O)N2CCNCC2)cc1OC.Cl. The Morgan fingerprint density at radius 1 is 1.20 bits per heavy atom. The van der Waals surface area contributed by atoms with Gasteiger partial charge in [-0.3, -0.25) is 4.79 Å². The topological polar surface area (TPSA) is 50.8 Å². The molecule has 1 saturated heterocycles. The Labute approximate surface area is 123 Å². The van der Waals surface area contributed by atoms with Crippen molar-refractivity contribution >= 4 is 18.3 Å². The van der Waals surface area contributed by atoms with Crippen LogP contribution in [0.1, 0.15) is 10.4 Å². The molecule has 0 bridgehead atoms. The van der Waals surface area contributed by atoms with Gasteiger partial charge in [0, 0.05) is 32.2 Å². The van der Waals surface area contributed by atoms with Gasteiger partial charge in [-0.2, -0.15) is 0 Å². The summed E-state index contributed by atoms with van der Waals surface area (Å²) < 4.78 is 24.1. The van der Waals surface area contributed by atoms with Gasteiger partial charge in [-0.25, -0.2) is 4.39 Å². The van der Waals surface area contributed by atoms with Crippen LogP contribution in [0, 0.1) is 5.82 Å². The molecule has 0 radical (unpaired) electrons. The zero-order valence-electron chi connectivity index (χ0n) is 11.4. The first-order valence-corrected chi connectivity index (χ1v) is 6.09. The summed E-state index contributed by atoms with van der Waals surface area (Å²) in [6, 6.07) is 2.56. The van der Waals surface area contributed by atoms with Gasteiger partial charge in [0.15, 0.2) is 11.5 Å². The molecule has 0 saturated carbocycles. The smallest absolute Gasteiger partial charge is 0.257 e. The largest absolute Gasteiger partial charge is 0.493 e. The number of halogens is 2. The lowest BCUT2D eigenvalue weighted by Crippen LogP contribution is -2.46. The van der Waals surface area contributed by atoms with Crippen LogP contribution in [-0.2, 0) is 0 Å². The summed E-state index contributed by atoms with van der Waals surface area (Å²) in [4.78, 5) is 13.9. The number of carbonyl (C=O) groups is 1. The summed E-state index contributed by atoms with van der Waals surface area (Å²) in [6.45, 7) is 2.60. The van der Waals surface area contributed by atoms with Crippen LogP contribution < -0.4 is 14.8 Å². The van der Waals surface area contributed by atoms with Crippen LogP contribution in [0.2, 0.25) is 0 Å². The predicted octanol–water partition coefficient (Wildman–Crippen LogP) is 1.31. The van der Waals surface area contributed by atoms with Crippen LogP contribution in [0.5, 0.6) is 11.5 Å². The van der Waals surface area contributed by atoms with Gasteiger partial charge in [-0.1, -0.05) is 0 Å². The Kier molecular flexibility index (Phi) is 6.04. The van der Waals surface area contributed by atoms with Crippen molar-refractivity contribution in [3.05, 3.63) is 23.5 Å². The number of piperazine rings is 1. The van der Waals surface area contributed by atoms with Crippen LogP contribution in [0.15, 0.2) is 12.1 Å². The summed E-state index contributed by atoms with van der Waals surface area (Å²) >= 11 is 0. The van der Waals surface area contributed by atoms with E-state index >= 15 is 0 Å². The molecule has 2 rings (SSSR count). The minimum absolute atomic E-state index is 0. The molecule has 1 heterocycles. The molecule has 1 fully saturated rings. The minimum atomic E-state index is -0.596. The van der Waals surface area contributed by atoms with Gasteiger partial charge in [0.05, 0.1) is 19.8 Å². The number of benzene rings is 1. The molecule has 20 heavy (non-hydrogen) atoms. The molecule has 112 valence electrons. The van der Waals surface area contributed by atoms with E-state index in [0.29, 0.717) is 18.8 Å². The van der Waals surface area contributed by atoms with Crippen LogP contribution in [0.4, 0.5) is 4.39 Å². The lowest BCUT2D eigenvalue weighted by atomic mass is 10.1. The third-order valence-corrected chi connectivity index (χ3v) is 3.11. The minimum Gasteiger partial charge on any atom is -0.493 e. The second-order valence-corrected chi connectivity index (χ2v) is 4.23. The summed E-state index contributed by atoms with van der Waals surface area (Å²) in [7, 11) is 2.88. The molecule has 1 aromatic carbocycles. The quantitative estimate of drug-likeness (QED) is 0.915. The lowest BCUT2D eigenvalue weighted by molar-refractivity contribution is 0.0730. The van der Waals surface area contributed by atoms with Gasteiger partial charge in [0.1, 0.15) is 5.82 Å². The van der Waals surface area contributed by atoms with Gasteiger partial charge in [0.2, 0.25) is 0 Å². The third-order valence-electron chi connectivity index (χ3n) is 3.11. The maximum absolute atomic E-state index is 14.0. The van der Waals surface area contributed by atoms with Crippen molar-refractivity contribution in [3.8, 4) is 11.5 Å². The van der Waals surface area contributed by atoms with Crippen molar-refractivity contribution in [2.75, 3.05) is 40.4 Å². The van der Waals surface area contributed by atoms with Gasteiger partial charge < -0.3 is 19.7 Å². The Bertz CT molecular complexity index is 479. The Balaban J connectivity index is 0.00000200. The average molecular weight is 305 g/mol. The van der Waals surface area contributed by atoms with Crippen molar-refractivity contribution in [2.45, 2.75) is 0 Å². The highest BCUT2D eigenvalue weighted by molar-refractivity contribution is 5.95. The summed E-state index contributed by atoms with van der Waals surface area (Å²) in [5.41, 5.74) is 0.0135. The molecule has 1 aromatic rings. The molecule has 1 aliphatic heterocycles. The molecule has 0 atom stereocenters. The van der Waals surface area contributed by atoms with Crippen LogP contribution in [0.3, 0.4) is 0 Å². The van der Waals surface area contributed by atoms with Crippen molar-refractivity contribution in [1.29, 1.82) is 0 Å².